The van der Waals surface area contributed by atoms with Gasteiger partial charge in [0, 0.05) is 17.5 Å². The number of aliphatic hydroxyl groups is 2. The molecule has 1 atom stereocenters. The van der Waals surface area contributed by atoms with Crippen molar-refractivity contribution in [1.82, 2.24) is 9.55 Å². The molecule has 3 aromatic rings. The van der Waals surface area contributed by atoms with Crippen molar-refractivity contribution in [2.75, 3.05) is 13.2 Å². The summed E-state index contributed by atoms with van der Waals surface area (Å²) in [5.74, 6) is 0.101. The first-order chi connectivity index (χ1) is 13.4. The highest BCUT2D eigenvalue weighted by atomic mass is 35.5. The summed E-state index contributed by atoms with van der Waals surface area (Å²) in [6, 6.07) is 8.47. The van der Waals surface area contributed by atoms with Crippen molar-refractivity contribution < 1.29 is 14.9 Å². The van der Waals surface area contributed by atoms with Gasteiger partial charge >= 0.3 is 0 Å². The zero-order chi connectivity index (χ0) is 20.4. The van der Waals surface area contributed by atoms with Gasteiger partial charge < -0.3 is 19.5 Å². The summed E-state index contributed by atoms with van der Waals surface area (Å²) in [5, 5.41) is 19.8. The van der Waals surface area contributed by atoms with E-state index in [1.807, 2.05) is 6.92 Å². The molecule has 0 aliphatic heterocycles. The number of aliphatic hydroxyl groups excluding tert-OH is 2. The van der Waals surface area contributed by atoms with Gasteiger partial charge in [-0.2, -0.15) is 0 Å². The van der Waals surface area contributed by atoms with Crippen LogP contribution < -0.4 is 10.2 Å². The number of fused-ring (bicyclic) bond motifs is 1. The lowest BCUT2D eigenvalue weighted by Crippen LogP contribution is -2.23. The first kappa shape index (κ1) is 20.6. The van der Waals surface area contributed by atoms with Gasteiger partial charge in [0.1, 0.15) is 18.1 Å². The van der Waals surface area contributed by atoms with Crippen LogP contribution in [0.4, 0.5) is 0 Å². The van der Waals surface area contributed by atoms with E-state index < -0.39 is 12.7 Å². The minimum Gasteiger partial charge on any atom is -0.474 e. The van der Waals surface area contributed by atoms with Crippen molar-refractivity contribution in [2.45, 2.75) is 26.4 Å². The molecule has 0 spiro atoms. The van der Waals surface area contributed by atoms with Crippen LogP contribution in [0.15, 0.2) is 35.1 Å². The normalized spacial score (nSPS) is 12.4. The van der Waals surface area contributed by atoms with Crippen LogP contribution in [-0.2, 0) is 6.42 Å². The third kappa shape index (κ3) is 3.86. The maximum atomic E-state index is 12.8. The van der Waals surface area contributed by atoms with Crippen molar-refractivity contribution in [2.24, 2.45) is 0 Å². The van der Waals surface area contributed by atoms with E-state index in [1.54, 1.807) is 35.8 Å². The minimum atomic E-state index is -1.08. The van der Waals surface area contributed by atoms with Crippen LogP contribution in [-0.4, -0.2) is 39.1 Å². The molecule has 0 bridgehead atoms. The minimum absolute atomic E-state index is 0.101. The van der Waals surface area contributed by atoms with Gasteiger partial charge in [0.25, 0.3) is 0 Å². The second kappa shape index (κ2) is 8.49. The smallest absolute Gasteiger partial charge is 0.227 e. The van der Waals surface area contributed by atoms with E-state index in [4.69, 9.17) is 33.0 Å². The molecule has 0 saturated carbocycles. The Labute approximate surface area is 171 Å². The van der Waals surface area contributed by atoms with Crippen LogP contribution in [0.5, 0.6) is 5.88 Å². The summed E-state index contributed by atoms with van der Waals surface area (Å²) in [6.07, 6.45) is -0.472. The molecule has 0 aliphatic rings. The maximum Gasteiger partial charge on any atom is 0.227 e. The molecule has 0 saturated heterocycles. The van der Waals surface area contributed by atoms with Gasteiger partial charge in [-0.15, -0.1) is 0 Å². The number of nitrogens with zero attached hydrogens (tertiary/aromatic N) is 2. The third-order valence-electron chi connectivity index (χ3n) is 4.35. The molecule has 0 radical (unpaired) electrons. The van der Waals surface area contributed by atoms with Gasteiger partial charge in [-0.25, -0.2) is 4.98 Å². The highest BCUT2D eigenvalue weighted by Gasteiger charge is 2.19. The van der Waals surface area contributed by atoms with Crippen molar-refractivity contribution in [3.05, 3.63) is 62.0 Å². The average molecular weight is 423 g/mol. The zero-order valence-corrected chi connectivity index (χ0v) is 17.0. The van der Waals surface area contributed by atoms with Crippen LogP contribution in [0, 0.1) is 6.92 Å². The van der Waals surface area contributed by atoms with E-state index >= 15 is 0 Å². The van der Waals surface area contributed by atoms with E-state index in [1.165, 1.54) is 6.07 Å². The van der Waals surface area contributed by atoms with Crippen LogP contribution in [0.1, 0.15) is 18.3 Å². The van der Waals surface area contributed by atoms with Crippen LogP contribution in [0.3, 0.4) is 0 Å². The van der Waals surface area contributed by atoms with Crippen molar-refractivity contribution in [1.29, 1.82) is 0 Å². The lowest BCUT2D eigenvalue weighted by molar-refractivity contribution is 0.0526. The highest BCUT2D eigenvalue weighted by Crippen LogP contribution is 2.33. The number of hydrogen-bond donors (Lipinski definition) is 2. The molecular weight excluding hydrogens is 403 g/mol. The van der Waals surface area contributed by atoms with Crippen LogP contribution in [0.25, 0.3) is 16.6 Å². The fourth-order valence-electron chi connectivity index (χ4n) is 3.00. The molecule has 0 aliphatic carbocycles. The van der Waals surface area contributed by atoms with Gasteiger partial charge in [0.05, 0.1) is 27.9 Å². The van der Waals surface area contributed by atoms with E-state index in [-0.39, 0.29) is 23.3 Å². The number of rotatable bonds is 6. The molecule has 28 heavy (non-hydrogen) atoms. The van der Waals surface area contributed by atoms with Gasteiger partial charge in [0.15, 0.2) is 5.43 Å². The topological polar surface area (TPSA) is 84.6 Å². The number of para-hydroxylation sites is 1. The average Bonchev–Trinajstić information content (AvgIpc) is 2.67. The Morgan fingerprint density at radius 1 is 1.25 bits per heavy atom. The van der Waals surface area contributed by atoms with E-state index in [0.29, 0.717) is 39.1 Å². The molecule has 148 valence electrons. The Kier molecular flexibility index (Phi) is 6.25. The third-order valence-corrected chi connectivity index (χ3v) is 4.96. The first-order valence-electron chi connectivity index (χ1n) is 8.79. The Hall–Kier alpha value is -2.12. The fourth-order valence-corrected chi connectivity index (χ4v) is 3.56. The Bertz CT molecular complexity index is 1060. The molecular formula is C20H20Cl2N2O4. The number of benzene rings is 1. The first-order valence-corrected chi connectivity index (χ1v) is 9.55. The lowest BCUT2D eigenvalue weighted by Gasteiger charge is -2.19. The summed E-state index contributed by atoms with van der Waals surface area (Å²) >= 11 is 12.8. The summed E-state index contributed by atoms with van der Waals surface area (Å²) in [4.78, 5) is 17.2. The predicted molar refractivity (Wildman–Crippen MR) is 110 cm³/mol. The van der Waals surface area contributed by atoms with Crippen LogP contribution >= 0.6 is 23.2 Å². The molecule has 2 N–H and O–H groups in total. The molecule has 0 fully saturated rings. The molecule has 6 nitrogen and oxygen atoms in total. The fraction of sp³-hybridized carbons (Fsp3) is 0.300. The predicted octanol–water partition coefficient (Wildman–Crippen LogP) is 3.30. The number of ether oxygens (including phenoxy) is 1. The molecule has 8 heteroatoms. The van der Waals surface area contributed by atoms with Crippen molar-refractivity contribution in [3.8, 4) is 11.6 Å². The Morgan fingerprint density at radius 2 is 1.93 bits per heavy atom. The maximum absolute atomic E-state index is 12.8. The summed E-state index contributed by atoms with van der Waals surface area (Å²) in [6.45, 7) is 3.08. The van der Waals surface area contributed by atoms with E-state index in [9.17, 15) is 9.90 Å². The van der Waals surface area contributed by atoms with E-state index in [0.717, 1.165) is 0 Å². The molecule has 2 aromatic heterocycles. The number of pyridine rings is 2. The summed E-state index contributed by atoms with van der Waals surface area (Å²) in [7, 11) is 0. The molecule has 2 heterocycles. The molecule has 0 amide bonds. The SMILES string of the molecule is CCc1cc2c(c(OC[C@@H](O)CO)n1)c(=O)cc(C)n2-c1c(Cl)cccc1Cl. The lowest BCUT2D eigenvalue weighted by atomic mass is 10.1. The van der Waals surface area contributed by atoms with Crippen molar-refractivity contribution >= 4 is 34.1 Å². The van der Waals surface area contributed by atoms with Crippen molar-refractivity contribution in [3.63, 3.8) is 0 Å². The van der Waals surface area contributed by atoms with E-state index in [2.05, 4.69) is 4.98 Å². The van der Waals surface area contributed by atoms with Gasteiger partial charge in [-0.3, -0.25) is 4.79 Å². The molecule has 0 unspecified atom stereocenters. The Morgan fingerprint density at radius 3 is 2.54 bits per heavy atom. The molecule has 1 aromatic carbocycles. The highest BCUT2D eigenvalue weighted by molar-refractivity contribution is 6.37. The Balaban J connectivity index is 2.36. The second-order valence-electron chi connectivity index (χ2n) is 6.37. The second-order valence-corrected chi connectivity index (χ2v) is 7.18. The number of halogens is 2. The number of hydrogen-bond acceptors (Lipinski definition) is 5. The van der Waals surface area contributed by atoms with Gasteiger partial charge in [-0.05, 0) is 31.5 Å². The quantitative estimate of drug-likeness (QED) is 0.636. The standard InChI is InChI=1S/C20H20Cl2N2O4/c1-3-12-8-16-18(20(23-12)28-10-13(26)9-25)17(27)7-11(2)24(16)19-14(21)5-4-6-15(19)22/h4-8,13,25-26H,3,9-10H2,1-2H3/t13-/m0/s1. The van der Waals surface area contributed by atoms with Gasteiger partial charge in [-0.1, -0.05) is 36.2 Å². The number of aromatic nitrogens is 2. The monoisotopic (exact) mass is 422 g/mol. The molecule has 3 rings (SSSR count). The van der Waals surface area contributed by atoms with Crippen LogP contribution in [0.2, 0.25) is 10.0 Å². The number of aryl methyl sites for hydroxylation is 2. The largest absolute Gasteiger partial charge is 0.474 e. The summed E-state index contributed by atoms with van der Waals surface area (Å²) < 4.78 is 7.39. The zero-order valence-electron chi connectivity index (χ0n) is 15.4. The summed E-state index contributed by atoms with van der Waals surface area (Å²) in [5.41, 5.74) is 2.20. The van der Waals surface area contributed by atoms with Gasteiger partial charge in [0.2, 0.25) is 5.88 Å².